The van der Waals surface area contributed by atoms with Crippen molar-refractivity contribution in [3.63, 3.8) is 0 Å². The largest absolute Gasteiger partial charge is 0.463 e. The molecule has 0 aromatic carbocycles. The molecule has 0 aliphatic carbocycles. The van der Waals surface area contributed by atoms with Crippen LogP contribution in [0.3, 0.4) is 0 Å². The molecular formula is C11H24O3Si. The van der Waals surface area contributed by atoms with Gasteiger partial charge in [-0.05, 0) is 18.1 Å². The Morgan fingerprint density at radius 1 is 1.20 bits per heavy atom. The fourth-order valence-corrected chi connectivity index (χ4v) is 1.80. The summed E-state index contributed by atoms with van der Waals surface area (Å²) in [4.78, 5) is 10.9. The zero-order chi connectivity index (χ0) is 12.1. The molecule has 3 nitrogen and oxygen atoms in total. The molecule has 0 N–H and O–H groups in total. The fourth-order valence-electron chi connectivity index (χ4n) is 0.771. The molecule has 0 spiro atoms. The van der Waals surface area contributed by atoms with E-state index < -0.39 is 8.32 Å². The minimum Gasteiger partial charge on any atom is -0.463 e. The van der Waals surface area contributed by atoms with Crippen LogP contribution in [0.1, 0.15) is 34.1 Å². The maximum atomic E-state index is 10.9. The summed E-state index contributed by atoms with van der Waals surface area (Å²) in [7, 11) is -1.68. The van der Waals surface area contributed by atoms with E-state index in [9.17, 15) is 4.79 Å². The van der Waals surface area contributed by atoms with Crippen molar-refractivity contribution < 1.29 is 14.0 Å². The van der Waals surface area contributed by atoms with Crippen molar-refractivity contribution in [2.45, 2.75) is 52.2 Å². The third-order valence-corrected chi connectivity index (χ3v) is 7.44. The number of ether oxygens (including phenoxy) is 1. The highest BCUT2D eigenvalue weighted by Crippen LogP contribution is 2.36. The van der Waals surface area contributed by atoms with Gasteiger partial charge in [-0.3, -0.25) is 4.79 Å². The number of hydrogen-bond donors (Lipinski definition) is 0. The van der Waals surface area contributed by atoms with E-state index in [-0.39, 0.29) is 11.0 Å². The van der Waals surface area contributed by atoms with E-state index in [0.717, 1.165) is 0 Å². The van der Waals surface area contributed by atoms with Gasteiger partial charge in [0.25, 0.3) is 0 Å². The van der Waals surface area contributed by atoms with Crippen LogP contribution < -0.4 is 0 Å². The third kappa shape index (κ3) is 5.32. The number of esters is 1. The molecule has 0 saturated heterocycles. The second-order valence-corrected chi connectivity index (χ2v) is 9.99. The molecule has 0 rings (SSSR count). The Labute approximate surface area is 94.3 Å². The molecule has 0 saturated carbocycles. The first-order chi connectivity index (χ1) is 6.70. The van der Waals surface area contributed by atoms with Crippen LogP contribution in [0.5, 0.6) is 0 Å². The van der Waals surface area contributed by atoms with Gasteiger partial charge in [0.15, 0.2) is 8.32 Å². The first-order valence-electron chi connectivity index (χ1n) is 5.50. The summed E-state index contributed by atoms with van der Waals surface area (Å²) in [5, 5.41) is 0.210. The number of carbonyl (C=O) groups is 1. The van der Waals surface area contributed by atoms with Gasteiger partial charge < -0.3 is 9.16 Å². The van der Waals surface area contributed by atoms with Crippen molar-refractivity contribution >= 4 is 14.3 Å². The van der Waals surface area contributed by atoms with Crippen molar-refractivity contribution in [1.82, 2.24) is 0 Å². The standard InChI is InChI=1S/C11H24O3Si/c1-7-10(12)13-8-9-14-15(5,6)11(2,3)4/h7-9H2,1-6H3. The lowest BCUT2D eigenvalue weighted by Gasteiger charge is -2.36. The minimum atomic E-state index is -1.68. The maximum Gasteiger partial charge on any atom is 0.305 e. The van der Waals surface area contributed by atoms with Gasteiger partial charge in [-0.25, -0.2) is 0 Å². The zero-order valence-corrected chi connectivity index (χ0v) is 11.8. The molecule has 0 aromatic heterocycles. The molecule has 0 unspecified atom stereocenters. The lowest BCUT2D eigenvalue weighted by molar-refractivity contribution is -0.144. The summed E-state index contributed by atoms with van der Waals surface area (Å²) in [6.45, 7) is 13.6. The third-order valence-electron chi connectivity index (χ3n) is 2.90. The lowest BCUT2D eigenvalue weighted by Crippen LogP contribution is -2.41. The lowest BCUT2D eigenvalue weighted by atomic mass is 10.2. The summed E-state index contributed by atoms with van der Waals surface area (Å²) in [5.74, 6) is -0.158. The Morgan fingerprint density at radius 2 is 1.73 bits per heavy atom. The molecule has 90 valence electrons. The predicted molar refractivity (Wildman–Crippen MR) is 64.4 cm³/mol. The number of rotatable bonds is 5. The van der Waals surface area contributed by atoms with E-state index in [0.29, 0.717) is 19.6 Å². The highest BCUT2D eigenvalue weighted by molar-refractivity contribution is 6.74. The van der Waals surface area contributed by atoms with E-state index in [4.69, 9.17) is 9.16 Å². The SMILES string of the molecule is CCC(=O)OCCO[Si](C)(C)C(C)(C)C. The molecule has 15 heavy (non-hydrogen) atoms. The normalized spacial score (nSPS) is 12.7. The van der Waals surface area contributed by atoms with Crippen LogP contribution in [0, 0.1) is 0 Å². The van der Waals surface area contributed by atoms with Gasteiger partial charge >= 0.3 is 5.97 Å². The number of carbonyl (C=O) groups excluding carboxylic acids is 1. The molecule has 0 aliphatic heterocycles. The molecule has 0 amide bonds. The Balaban J connectivity index is 3.82. The van der Waals surface area contributed by atoms with Crippen molar-refractivity contribution in [3.8, 4) is 0 Å². The quantitative estimate of drug-likeness (QED) is 0.415. The highest BCUT2D eigenvalue weighted by Gasteiger charge is 2.36. The molecule has 0 aromatic rings. The first kappa shape index (κ1) is 14.6. The van der Waals surface area contributed by atoms with Crippen LogP contribution in [-0.4, -0.2) is 27.5 Å². The average molecular weight is 232 g/mol. The Morgan fingerprint density at radius 3 is 2.13 bits per heavy atom. The molecule has 4 heteroatoms. The Hall–Kier alpha value is -0.353. The first-order valence-corrected chi connectivity index (χ1v) is 8.41. The summed E-state index contributed by atoms with van der Waals surface area (Å²) in [5.41, 5.74) is 0. The van der Waals surface area contributed by atoms with Crippen molar-refractivity contribution in [1.29, 1.82) is 0 Å². The van der Waals surface area contributed by atoms with Gasteiger partial charge in [-0.2, -0.15) is 0 Å². The van der Waals surface area contributed by atoms with E-state index >= 15 is 0 Å². The fraction of sp³-hybridized carbons (Fsp3) is 0.909. The molecule has 0 bridgehead atoms. The molecule has 0 heterocycles. The smallest absolute Gasteiger partial charge is 0.305 e. The Kier molecular flexibility index (Phi) is 5.52. The van der Waals surface area contributed by atoms with Gasteiger partial charge in [0, 0.05) is 6.42 Å². The van der Waals surface area contributed by atoms with Gasteiger partial charge in [0.1, 0.15) is 6.61 Å². The molecular weight excluding hydrogens is 208 g/mol. The van der Waals surface area contributed by atoms with Crippen LogP contribution >= 0.6 is 0 Å². The Bertz CT molecular complexity index is 206. The monoisotopic (exact) mass is 232 g/mol. The van der Waals surface area contributed by atoms with Crippen LogP contribution in [0.2, 0.25) is 18.1 Å². The van der Waals surface area contributed by atoms with Gasteiger partial charge in [-0.15, -0.1) is 0 Å². The van der Waals surface area contributed by atoms with Crippen LogP contribution in [0.4, 0.5) is 0 Å². The zero-order valence-electron chi connectivity index (χ0n) is 10.8. The number of hydrogen-bond acceptors (Lipinski definition) is 3. The second kappa shape index (κ2) is 5.65. The highest BCUT2D eigenvalue weighted by atomic mass is 28.4. The average Bonchev–Trinajstić information content (AvgIpc) is 2.10. The van der Waals surface area contributed by atoms with E-state index in [1.54, 1.807) is 6.92 Å². The van der Waals surface area contributed by atoms with Crippen molar-refractivity contribution in [3.05, 3.63) is 0 Å². The second-order valence-electron chi connectivity index (χ2n) is 5.18. The van der Waals surface area contributed by atoms with Gasteiger partial charge in [0.2, 0.25) is 0 Å². The summed E-state index contributed by atoms with van der Waals surface area (Å²) in [6, 6.07) is 0. The minimum absolute atomic E-state index is 0.158. The van der Waals surface area contributed by atoms with Crippen LogP contribution in [0.15, 0.2) is 0 Å². The maximum absolute atomic E-state index is 10.9. The van der Waals surface area contributed by atoms with Crippen LogP contribution in [0.25, 0.3) is 0 Å². The predicted octanol–water partition coefficient (Wildman–Crippen LogP) is 2.96. The van der Waals surface area contributed by atoms with E-state index in [2.05, 4.69) is 33.9 Å². The van der Waals surface area contributed by atoms with Gasteiger partial charge in [-0.1, -0.05) is 27.7 Å². The molecule has 0 atom stereocenters. The van der Waals surface area contributed by atoms with E-state index in [1.165, 1.54) is 0 Å². The van der Waals surface area contributed by atoms with Crippen molar-refractivity contribution in [2.75, 3.05) is 13.2 Å². The molecule has 0 aliphatic rings. The van der Waals surface area contributed by atoms with Gasteiger partial charge in [0.05, 0.1) is 6.61 Å². The summed E-state index contributed by atoms with van der Waals surface area (Å²) >= 11 is 0. The van der Waals surface area contributed by atoms with Crippen LogP contribution in [-0.2, 0) is 14.0 Å². The summed E-state index contributed by atoms with van der Waals surface area (Å²) < 4.78 is 10.8. The summed E-state index contributed by atoms with van der Waals surface area (Å²) in [6.07, 6.45) is 0.431. The molecule has 0 radical (unpaired) electrons. The van der Waals surface area contributed by atoms with E-state index in [1.807, 2.05) is 0 Å². The van der Waals surface area contributed by atoms with Crippen molar-refractivity contribution in [2.24, 2.45) is 0 Å². The topological polar surface area (TPSA) is 35.5 Å². The molecule has 0 fully saturated rings.